The number of nitrogens with one attached hydrogen (secondary N) is 1. The lowest BCUT2D eigenvalue weighted by Crippen LogP contribution is -2.45. The second-order valence-electron chi connectivity index (χ2n) is 7.47. The van der Waals surface area contributed by atoms with E-state index >= 15 is 0 Å². The van der Waals surface area contributed by atoms with E-state index in [2.05, 4.69) is 34.1 Å². The number of pyridine rings is 1. The van der Waals surface area contributed by atoms with E-state index < -0.39 is 0 Å². The lowest BCUT2D eigenvalue weighted by Gasteiger charge is -2.36. The average Bonchev–Trinajstić information content (AvgIpc) is 2.86. The van der Waals surface area contributed by atoms with Crippen molar-refractivity contribution in [3.8, 4) is 0 Å². The zero-order valence-corrected chi connectivity index (χ0v) is 17.0. The molecule has 1 saturated heterocycles. The average molecular weight is 371 g/mol. The van der Waals surface area contributed by atoms with Gasteiger partial charge in [0.2, 0.25) is 0 Å². The Hall–Kier alpha value is -2.41. The molecular formula is C20H29N5O2. The first-order valence-electron chi connectivity index (χ1n) is 9.43. The van der Waals surface area contributed by atoms with Crippen LogP contribution in [0.1, 0.15) is 54.1 Å². The number of carbonyl (C=O) groups excluding carboxylic acids is 1. The molecule has 0 spiro atoms. The fraction of sp³-hybridized carbons (Fsp3) is 0.550. The van der Waals surface area contributed by atoms with Crippen molar-refractivity contribution >= 4 is 11.7 Å². The molecular weight excluding hydrogens is 342 g/mol. The molecule has 1 aliphatic rings. The summed E-state index contributed by atoms with van der Waals surface area (Å²) in [7, 11) is 1.91. The lowest BCUT2D eigenvalue weighted by molar-refractivity contribution is -0.00546. The molecule has 2 aromatic heterocycles. The molecule has 0 unspecified atom stereocenters. The number of hydrogen-bond acceptors (Lipinski definition) is 5. The molecule has 1 N–H and O–H groups in total. The van der Waals surface area contributed by atoms with Crippen LogP contribution in [0.15, 0.2) is 18.3 Å². The molecule has 3 heterocycles. The van der Waals surface area contributed by atoms with Gasteiger partial charge in [0.25, 0.3) is 5.91 Å². The Balaban J connectivity index is 1.69. The van der Waals surface area contributed by atoms with Gasteiger partial charge in [0.1, 0.15) is 5.82 Å². The molecule has 1 fully saturated rings. The third-order valence-electron chi connectivity index (χ3n) is 5.10. The van der Waals surface area contributed by atoms with Gasteiger partial charge in [0.15, 0.2) is 0 Å². The summed E-state index contributed by atoms with van der Waals surface area (Å²) in [6.45, 7) is 11.7. The largest absolute Gasteiger partial charge is 0.372 e. The molecule has 1 amide bonds. The Labute approximate surface area is 160 Å². The summed E-state index contributed by atoms with van der Waals surface area (Å²) in [5.41, 5.74) is 3.61. The molecule has 0 aromatic carbocycles. The van der Waals surface area contributed by atoms with Crippen LogP contribution in [0.5, 0.6) is 0 Å². The maximum atomic E-state index is 12.6. The van der Waals surface area contributed by atoms with E-state index in [1.807, 2.05) is 44.6 Å². The molecule has 0 saturated carbocycles. The highest BCUT2D eigenvalue weighted by Crippen LogP contribution is 2.22. The van der Waals surface area contributed by atoms with Gasteiger partial charge in [-0.15, -0.1) is 0 Å². The van der Waals surface area contributed by atoms with Gasteiger partial charge in [0.05, 0.1) is 29.5 Å². The third-order valence-corrected chi connectivity index (χ3v) is 5.10. The summed E-state index contributed by atoms with van der Waals surface area (Å²) < 4.78 is 7.61. The number of rotatable bonds is 4. The molecule has 0 aliphatic carbocycles. The topological polar surface area (TPSA) is 72.3 Å². The minimum Gasteiger partial charge on any atom is -0.372 e. The fourth-order valence-corrected chi connectivity index (χ4v) is 3.84. The zero-order chi connectivity index (χ0) is 19.7. The van der Waals surface area contributed by atoms with E-state index in [4.69, 9.17) is 4.74 Å². The first-order valence-corrected chi connectivity index (χ1v) is 9.43. The van der Waals surface area contributed by atoms with Gasteiger partial charge in [-0.3, -0.25) is 9.48 Å². The van der Waals surface area contributed by atoms with Crippen LogP contribution in [0.4, 0.5) is 5.82 Å². The van der Waals surface area contributed by atoms with Crippen molar-refractivity contribution in [1.82, 2.24) is 20.1 Å². The first-order chi connectivity index (χ1) is 12.8. The van der Waals surface area contributed by atoms with Crippen LogP contribution < -0.4 is 10.2 Å². The first kappa shape index (κ1) is 19.4. The van der Waals surface area contributed by atoms with Crippen LogP contribution in [-0.2, 0) is 11.8 Å². The number of hydrogen-bond donors (Lipinski definition) is 1. The minimum absolute atomic E-state index is 0.119. The Kier molecular flexibility index (Phi) is 5.51. The van der Waals surface area contributed by atoms with Crippen molar-refractivity contribution in [2.45, 2.75) is 52.9 Å². The van der Waals surface area contributed by atoms with Crippen molar-refractivity contribution in [3.63, 3.8) is 0 Å². The van der Waals surface area contributed by atoms with Gasteiger partial charge in [-0.25, -0.2) is 4.98 Å². The lowest BCUT2D eigenvalue weighted by atomic mass is 10.1. The molecule has 7 nitrogen and oxygen atoms in total. The molecule has 0 radical (unpaired) electrons. The molecule has 27 heavy (non-hydrogen) atoms. The third kappa shape index (κ3) is 4.13. The number of nitrogens with zero attached hydrogens (tertiary/aromatic N) is 4. The predicted octanol–water partition coefficient (Wildman–Crippen LogP) is 2.54. The number of aromatic nitrogens is 3. The highest BCUT2D eigenvalue weighted by Gasteiger charge is 2.23. The highest BCUT2D eigenvalue weighted by atomic mass is 16.5. The van der Waals surface area contributed by atoms with E-state index in [0.717, 1.165) is 35.9 Å². The van der Waals surface area contributed by atoms with Gasteiger partial charge in [0, 0.05) is 37.6 Å². The summed E-state index contributed by atoms with van der Waals surface area (Å²) in [4.78, 5) is 19.3. The van der Waals surface area contributed by atoms with Gasteiger partial charge >= 0.3 is 0 Å². The summed E-state index contributed by atoms with van der Waals surface area (Å²) >= 11 is 0. The Bertz CT molecular complexity index is 805. The van der Waals surface area contributed by atoms with E-state index in [1.54, 1.807) is 6.20 Å². The number of anilines is 1. The maximum absolute atomic E-state index is 12.6. The predicted molar refractivity (Wildman–Crippen MR) is 105 cm³/mol. The second-order valence-corrected chi connectivity index (χ2v) is 7.47. The van der Waals surface area contributed by atoms with Gasteiger partial charge in [-0.1, -0.05) is 0 Å². The van der Waals surface area contributed by atoms with Crippen molar-refractivity contribution in [3.05, 3.63) is 40.8 Å². The van der Waals surface area contributed by atoms with Crippen LogP contribution in [-0.4, -0.2) is 46.0 Å². The molecule has 7 heteroatoms. The Morgan fingerprint density at radius 2 is 1.93 bits per heavy atom. The monoisotopic (exact) mass is 371 g/mol. The van der Waals surface area contributed by atoms with Crippen molar-refractivity contribution in [1.29, 1.82) is 0 Å². The molecule has 1 aliphatic heterocycles. The van der Waals surface area contributed by atoms with Crippen molar-refractivity contribution in [2.24, 2.45) is 7.05 Å². The summed E-state index contributed by atoms with van der Waals surface area (Å²) in [6, 6.07) is 3.62. The van der Waals surface area contributed by atoms with E-state index in [0.29, 0.717) is 5.56 Å². The fourth-order valence-electron chi connectivity index (χ4n) is 3.84. The van der Waals surface area contributed by atoms with Crippen LogP contribution >= 0.6 is 0 Å². The summed E-state index contributed by atoms with van der Waals surface area (Å²) in [5, 5.41) is 7.48. The number of carbonyl (C=O) groups is 1. The standard InChI is InChI=1S/C20H29N5O2/c1-12-10-25(11-13(2)27-12)18-8-7-17(9-21-18)20(26)22-14(3)19-15(4)23-24(6)16(19)5/h7-9,12-14H,10-11H2,1-6H3,(H,22,26)/t12-,13+,14-/m0/s1. The van der Waals surface area contributed by atoms with Gasteiger partial charge < -0.3 is 15.0 Å². The second kappa shape index (κ2) is 7.68. The number of aryl methyl sites for hydroxylation is 2. The van der Waals surface area contributed by atoms with Crippen molar-refractivity contribution < 1.29 is 9.53 Å². The Morgan fingerprint density at radius 3 is 2.44 bits per heavy atom. The molecule has 2 aromatic rings. The van der Waals surface area contributed by atoms with Gasteiger partial charge in [-0.05, 0) is 46.8 Å². The van der Waals surface area contributed by atoms with Crippen LogP contribution in [0.25, 0.3) is 0 Å². The number of ether oxygens (including phenoxy) is 1. The molecule has 0 bridgehead atoms. The molecule has 3 atom stereocenters. The smallest absolute Gasteiger partial charge is 0.253 e. The van der Waals surface area contributed by atoms with E-state index in [9.17, 15) is 4.79 Å². The summed E-state index contributed by atoms with van der Waals surface area (Å²) in [6.07, 6.45) is 1.99. The van der Waals surface area contributed by atoms with Crippen LogP contribution in [0.3, 0.4) is 0 Å². The van der Waals surface area contributed by atoms with Crippen LogP contribution in [0, 0.1) is 13.8 Å². The normalized spacial score (nSPS) is 21.2. The van der Waals surface area contributed by atoms with E-state index in [1.165, 1.54) is 0 Å². The van der Waals surface area contributed by atoms with Crippen molar-refractivity contribution in [2.75, 3.05) is 18.0 Å². The summed E-state index contributed by atoms with van der Waals surface area (Å²) in [5.74, 6) is 0.744. The SMILES string of the molecule is Cc1nn(C)c(C)c1[C@H](C)NC(=O)c1ccc(N2C[C@@H](C)O[C@@H](C)C2)nc1. The minimum atomic E-state index is -0.132. The molecule has 3 rings (SSSR count). The quantitative estimate of drug-likeness (QED) is 0.894. The Morgan fingerprint density at radius 1 is 1.26 bits per heavy atom. The highest BCUT2D eigenvalue weighted by molar-refractivity contribution is 5.94. The zero-order valence-electron chi connectivity index (χ0n) is 17.0. The van der Waals surface area contributed by atoms with Gasteiger partial charge in [-0.2, -0.15) is 5.10 Å². The van der Waals surface area contributed by atoms with Crippen LogP contribution in [0.2, 0.25) is 0 Å². The maximum Gasteiger partial charge on any atom is 0.253 e. The number of morpholine rings is 1. The van der Waals surface area contributed by atoms with E-state index in [-0.39, 0.29) is 24.2 Å². The molecule has 146 valence electrons. The number of amides is 1.